The van der Waals surface area contributed by atoms with Gasteiger partial charge in [-0.3, -0.25) is 15.5 Å². The molecule has 0 saturated carbocycles. The Morgan fingerprint density at radius 2 is 1.97 bits per heavy atom. The van der Waals surface area contributed by atoms with E-state index >= 15 is 0 Å². The second-order valence-corrected chi connectivity index (χ2v) is 6.43. The molecule has 0 aliphatic carbocycles. The monoisotopic (exact) mass is 446 g/mol. The minimum absolute atomic E-state index is 0.0281. The summed E-state index contributed by atoms with van der Waals surface area (Å²) in [5, 5.41) is 14.8. The summed E-state index contributed by atoms with van der Waals surface area (Å²) >= 11 is 0. The summed E-state index contributed by atoms with van der Waals surface area (Å²) in [4.78, 5) is 14.1. The molecule has 0 amide bonds. The Kier molecular flexibility index (Phi) is 6.88. The number of hydrogen-bond donors (Lipinski definition) is 1. The number of nitro groups is 1. The van der Waals surface area contributed by atoms with E-state index in [0.717, 1.165) is 6.07 Å². The van der Waals surface area contributed by atoms with Gasteiger partial charge in [0.1, 0.15) is 12.4 Å². The summed E-state index contributed by atoms with van der Waals surface area (Å²) in [6.45, 7) is 0.104. The summed E-state index contributed by atoms with van der Waals surface area (Å²) in [6.07, 6.45) is -2.30. The van der Waals surface area contributed by atoms with Gasteiger partial charge in [0.05, 0.1) is 23.8 Å². The molecule has 0 radical (unpaired) electrons. The van der Waals surface area contributed by atoms with Crippen LogP contribution in [0, 0.1) is 10.1 Å². The third-order valence-electron chi connectivity index (χ3n) is 4.19. The number of hydrazone groups is 1. The maximum atomic E-state index is 12.6. The highest BCUT2D eigenvalue weighted by molar-refractivity contribution is 5.81. The number of ether oxygens (including phenoxy) is 2. The highest BCUT2D eigenvalue weighted by Crippen LogP contribution is 2.30. The van der Waals surface area contributed by atoms with Gasteiger partial charge in [-0.05, 0) is 41.5 Å². The lowest BCUT2D eigenvalue weighted by molar-refractivity contribution is -0.384. The van der Waals surface area contributed by atoms with Gasteiger partial charge < -0.3 is 9.47 Å². The molecule has 32 heavy (non-hydrogen) atoms. The van der Waals surface area contributed by atoms with E-state index in [1.807, 2.05) is 0 Å². The van der Waals surface area contributed by atoms with Crippen LogP contribution in [-0.4, -0.2) is 23.2 Å². The summed E-state index contributed by atoms with van der Waals surface area (Å²) in [7, 11) is 1.46. The van der Waals surface area contributed by atoms with Crippen LogP contribution in [0.1, 0.15) is 16.7 Å². The van der Waals surface area contributed by atoms with Gasteiger partial charge in [0.15, 0.2) is 11.5 Å². The number of aromatic nitrogens is 1. The number of rotatable bonds is 8. The molecule has 2 aromatic carbocycles. The number of anilines is 1. The summed E-state index contributed by atoms with van der Waals surface area (Å²) in [6, 6.07) is 13.2. The first-order valence-corrected chi connectivity index (χ1v) is 9.13. The Balaban J connectivity index is 1.63. The first kappa shape index (κ1) is 22.5. The van der Waals surface area contributed by atoms with Gasteiger partial charge in [-0.15, -0.1) is 0 Å². The third-order valence-corrected chi connectivity index (χ3v) is 4.19. The fourth-order valence-corrected chi connectivity index (χ4v) is 2.61. The molecule has 0 bridgehead atoms. The number of nitro benzene ring substituents is 1. The van der Waals surface area contributed by atoms with E-state index in [0.29, 0.717) is 28.8 Å². The van der Waals surface area contributed by atoms with E-state index in [2.05, 4.69) is 15.5 Å². The topological polar surface area (TPSA) is 98.9 Å². The largest absolute Gasteiger partial charge is 0.493 e. The summed E-state index contributed by atoms with van der Waals surface area (Å²) < 4.78 is 48.7. The second kappa shape index (κ2) is 9.77. The van der Waals surface area contributed by atoms with Crippen LogP contribution in [0.3, 0.4) is 0 Å². The van der Waals surface area contributed by atoms with Crippen molar-refractivity contribution in [2.45, 2.75) is 12.8 Å². The lowest BCUT2D eigenvalue weighted by Gasteiger charge is -2.11. The van der Waals surface area contributed by atoms with Gasteiger partial charge in [0, 0.05) is 18.3 Å². The standard InChI is InChI=1S/C21H17F3N4O4/c1-31-19-10-14(11-26-27-20-8-6-16(12-25-20)21(22,23)24)5-7-18(19)32-13-15-3-2-4-17(9-15)28(29)30/h2-12H,13H2,1H3,(H,25,27)/b26-11-. The van der Waals surface area contributed by atoms with Crippen molar-refractivity contribution in [1.29, 1.82) is 0 Å². The number of hydrogen-bond acceptors (Lipinski definition) is 7. The minimum Gasteiger partial charge on any atom is -0.493 e. The van der Waals surface area contributed by atoms with Gasteiger partial charge in [-0.1, -0.05) is 12.1 Å². The van der Waals surface area contributed by atoms with E-state index in [-0.39, 0.29) is 18.1 Å². The molecule has 0 fully saturated rings. The zero-order valence-corrected chi connectivity index (χ0v) is 16.7. The molecule has 166 valence electrons. The average Bonchev–Trinajstić information content (AvgIpc) is 2.78. The van der Waals surface area contributed by atoms with Crippen LogP contribution in [0.4, 0.5) is 24.7 Å². The van der Waals surface area contributed by atoms with Crippen LogP contribution < -0.4 is 14.9 Å². The molecule has 0 aliphatic heterocycles. The fourth-order valence-electron chi connectivity index (χ4n) is 2.61. The van der Waals surface area contributed by atoms with Gasteiger partial charge in [-0.2, -0.15) is 18.3 Å². The molecular weight excluding hydrogens is 429 g/mol. The number of alkyl halides is 3. The van der Waals surface area contributed by atoms with Crippen LogP contribution in [0.25, 0.3) is 0 Å². The SMILES string of the molecule is COc1cc(/C=N\Nc2ccc(C(F)(F)F)cn2)ccc1OCc1cccc([N+](=O)[O-])c1. The van der Waals surface area contributed by atoms with Crippen molar-refractivity contribution in [3.8, 4) is 11.5 Å². The number of benzene rings is 2. The molecule has 1 N–H and O–H groups in total. The molecule has 1 heterocycles. The van der Waals surface area contributed by atoms with Crippen molar-refractivity contribution >= 4 is 17.7 Å². The van der Waals surface area contributed by atoms with Crippen LogP contribution >= 0.6 is 0 Å². The zero-order chi connectivity index (χ0) is 23.1. The molecule has 11 heteroatoms. The number of nitrogens with zero attached hydrogens (tertiary/aromatic N) is 3. The van der Waals surface area contributed by atoms with Gasteiger partial charge in [0.2, 0.25) is 0 Å². The van der Waals surface area contributed by atoms with E-state index in [1.54, 1.807) is 30.3 Å². The lowest BCUT2D eigenvalue weighted by Crippen LogP contribution is -2.05. The highest BCUT2D eigenvalue weighted by Gasteiger charge is 2.30. The van der Waals surface area contributed by atoms with Crippen molar-refractivity contribution in [2.24, 2.45) is 5.10 Å². The molecule has 0 spiro atoms. The first-order chi connectivity index (χ1) is 15.3. The first-order valence-electron chi connectivity index (χ1n) is 9.13. The van der Waals surface area contributed by atoms with Gasteiger partial charge in [-0.25, -0.2) is 4.98 Å². The molecule has 0 saturated heterocycles. The average molecular weight is 446 g/mol. The fraction of sp³-hybridized carbons (Fsp3) is 0.143. The summed E-state index contributed by atoms with van der Waals surface area (Å²) in [5.41, 5.74) is 2.92. The molecular formula is C21H17F3N4O4. The van der Waals surface area contributed by atoms with E-state index < -0.39 is 16.7 Å². The maximum absolute atomic E-state index is 12.6. The Morgan fingerprint density at radius 1 is 1.16 bits per heavy atom. The van der Waals surface area contributed by atoms with Crippen LogP contribution in [0.5, 0.6) is 11.5 Å². The lowest BCUT2D eigenvalue weighted by atomic mass is 10.2. The van der Waals surface area contributed by atoms with Crippen LogP contribution in [-0.2, 0) is 12.8 Å². The third kappa shape index (κ3) is 5.94. The van der Waals surface area contributed by atoms with Crippen LogP contribution in [0.15, 0.2) is 65.9 Å². The highest BCUT2D eigenvalue weighted by atomic mass is 19.4. The number of non-ortho nitro benzene ring substituents is 1. The van der Waals surface area contributed by atoms with Gasteiger partial charge in [0.25, 0.3) is 5.69 Å². The molecule has 0 aliphatic rings. The molecule has 0 unspecified atom stereocenters. The predicted octanol–water partition coefficient (Wildman–Crippen LogP) is 5.04. The van der Waals surface area contributed by atoms with Crippen molar-refractivity contribution in [1.82, 2.24) is 4.98 Å². The van der Waals surface area contributed by atoms with Crippen molar-refractivity contribution in [3.63, 3.8) is 0 Å². The molecule has 1 aromatic heterocycles. The Morgan fingerprint density at radius 3 is 2.62 bits per heavy atom. The smallest absolute Gasteiger partial charge is 0.417 e. The van der Waals surface area contributed by atoms with Crippen molar-refractivity contribution < 1.29 is 27.6 Å². The zero-order valence-electron chi connectivity index (χ0n) is 16.7. The van der Waals surface area contributed by atoms with Crippen molar-refractivity contribution in [2.75, 3.05) is 12.5 Å². The molecule has 3 rings (SSSR count). The predicted molar refractivity (Wildman–Crippen MR) is 111 cm³/mol. The Bertz CT molecular complexity index is 1120. The van der Waals surface area contributed by atoms with Crippen molar-refractivity contribution in [3.05, 3.63) is 87.6 Å². The Hall–Kier alpha value is -4.15. The normalized spacial score (nSPS) is 11.4. The van der Waals surface area contributed by atoms with Gasteiger partial charge >= 0.3 is 6.18 Å². The van der Waals surface area contributed by atoms with E-state index in [4.69, 9.17) is 9.47 Å². The van der Waals surface area contributed by atoms with E-state index in [9.17, 15) is 23.3 Å². The molecule has 3 aromatic rings. The second-order valence-electron chi connectivity index (χ2n) is 6.43. The minimum atomic E-state index is -4.45. The quantitative estimate of drug-likeness (QED) is 0.296. The number of nitrogens with one attached hydrogen (secondary N) is 1. The van der Waals surface area contributed by atoms with Crippen LogP contribution in [0.2, 0.25) is 0 Å². The summed E-state index contributed by atoms with van der Waals surface area (Å²) in [5.74, 6) is 0.985. The number of pyridine rings is 1. The maximum Gasteiger partial charge on any atom is 0.417 e. The molecule has 8 nitrogen and oxygen atoms in total. The molecule has 0 atom stereocenters. The van der Waals surface area contributed by atoms with E-state index in [1.165, 1.54) is 31.5 Å². The number of halogens is 3. The number of methoxy groups -OCH3 is 1. The Labute approximate surface area is 180 Å².